The first kappa shape index (κ1) is 11.4. The molecule has 1 amide bonds. The number of aliphatic hydroxyl groups is 1. The number of hydrogen-bond donors (Lipinski definition) is 1. The van der Waals surface area contributed by atoms with Crippen molar-refractivity contribution in [2.45, 2.75) is 12.0 Å². The lowest BCUT2D eigenvalue weighted by Crippen LogP contribution is -2.36. The molecule has 0 aliphatic carbocycles. The second-order valence-corrected chi connectivity index (χ2v) is 4.37. The molecule has 1 saturated heterocycles. The van der Waals surface area contributed by atoms with E-state index in [4.69, 9.17) is 11.6 Å². The Kier molecular flexibility index (Phi) is 2.64. The van der Waals surface area contributed by atoms with Crippen molar-refractivity contribution in [3.8, 4) is 0 Å². The van der Waals surface area contributed by atoms with Gasteiger partial charge in [-0.1, -0.05) is 17.7 Å². The van der Waals surface area contributed by atoms with Crippen LogP contribution in [0.1, 0.15) is 12.0 Å². The molecule has 3 nitrogen and oxygen atoms in total. The van der Waals surface area contributed by atoms with Gasteiger partial charge in [-0.15, -0.1) is 0 Å². The number of halogens is 2. The zero-order valence-electron chi connectivity index (χ0n) is 8.70. The van der Waals surface area contributed by atoms with Gasteiger partial charge in [-0.05, 0) is 17.7 Å². The molecule has 1 N–H and O–H groups in total. The third-order valence-electron chi connectivity index (χ3n) is 2.91. The van der Waals surface area contributed by atoms with Gasteiger partial charge in [-0.25, -0.2) is 4.39 Å². The average Bonchev–Trinajstić information content (AvgIpc) is 2.52. The number of carbonyl (C=O) groups is 1. The summed E-state index contributed by atoms with van der Waals surface area (Å²) in [4.78, 5) is 13.2. The van der Waals surface area contributed by atoms with E-state index >= 15 is 0 Å². The summed E-state index contributed by atoms with van der Waals surface area (Å²) in [5, 5.41) is 10.2. The second kappa shape index (κ2) is 3.71. The molecule has 0 saturated carbocycles. The molecule has 86 valence electrons. The predicted octanol–water partition coefficient (Wildman–Crippen LogP) is 1.53. The zero-order chi connectivity index (χ0) is 11.9. The van der Waals surface area contributed by atoms with Crippen LogP contribution in [0.25, 0.3) is 0 Å². The minimum Gasteiger partial charge on any atom is -0.375 e. The van der Waals surface area contributed by atoms with Crippen molar-refractivity contribution >= 4 is 17.5 Å². The number of carbonyl (C=O) groups excluding carboxylic acids is 1. The molecule has 0 aromatic heterocycles. The maximum absolute atomic E-state index is 13.0. The van der Waals surface area contributed by atoms with Gasteiger partial charge in [0.15, 0.2) is 5.60 Å². The summed E-state index contributed by atoms with van der Waals surface area (Å²) in [7, 11) is 1.62. The van der Waals surface area contributed by atoms with Crippen LogP contribution in [0.15, 0.2) is 18.2 Å². The van der Waals surface area contributed by atoms with Gasteiger partial charge in [0, 0.05) is 20.0 Å². The van der Waals surface area contributed by atoms with Crippen LogP contribution in [0, 0.1) is 5.82 Å². The summed E-state index contributed by atoms with van der Waals surface area (Å²) >= 11 is 5.63. The molecule has 2 rings (SSSR count). The monoisotopic (exact) mass is 243 g/mol. The molecule has 1 fully saturated rings. The second-order valence-electron chi connectivity index (χ2n) is 3.97. The fraction of sp³-hybridized carbons (Fsp3) is 0.364. The van der Waals surface area contributed by atoms with E-state index in [0.29, 0.717) is 18.5 Å². The Balaban J connectivity index is 2.44. The van der Waals surface area contributed by atoms with Crippen molar-refractivity contribution in [3.05, 3.63) is 34.6 Å². The SMILES string of the molecule is CN1CC[C@](O)(c2ccc(F)c(Cl)c2)C1=O. The normalized spacial score (nSPS) is 25.2. The predicted molar refractivity (Wildman–Crippen MR) is 57.6 cm³/mol. The van der Waals surface area contributed by atoms with E-state index in [2.05, 4.69) is 0 Å². The van der Waals surface area contributed by atoms with E-state index in [-0.39, 0.29) is 10.9 Å². The molecule has 1 heterocycles. The van der Waals surface area contributed by atoms with E-state index in [1.165, 1.54) is 17.0 Å². The summed E-state index contributed by atoms with van der Waals surface area (Å²) < 4.78 is 13.0. The summed E-state index contributed by atoms with van der Waals surface area (Å²) in [6, 6.07) is 3.84. The van der Waals surface area contributed by atoms with Crippen molar-refractivity contribution in [2.24, 2.45) is 0 Å². The van der Waals surface area contributed by atoms with Crippen LogP contribution < -0.4 is 0 Å². The quantitative estimate of drug-likeness (QED) is 0.813. The van der Waals surface area contributed by atoms with Crippen LogP contribution in [-0.2, 0) is 10.4 Å². The number of amides is 1. The van der Waals surface area contributed by atoms with Crippen LogP contribution in [0.3, 0.4) is 0 Å². The van der Waals surface area contributed by atoms with Crippen molar-refractivity contribution in [2.75, 3.05) is 13.6 Å². The molecule has 0 spiro atoms. The minimum atomic E-state index is -1.56. The highest BCUT2D eigenvalue weighted by Gasteiger charge is 2.45. The molecule has 1 aromatic carbocycles. The van der Waals surface area contributed by atoms with Crippen molar-refractivity contribution < 1.29 is 14.3 Å². The van der Waals surface area contributed by atoms with E-state index in [9.17, 15) is 14.3 Å². The number of hydrogen-bond acceptors (Lipinski definition) is 2. The highest BCUT2D eigenvalue weighted by atomic mass is 35.5. The summed E-state index contributed by atoms with van der Waals surface area (Å²) in [5.74, 6) is -0.942. The smallest absolute Gasteiger partial charge is 0.258 e. The molecule has 1 atom stereocenters. The zero-order valence-corrected chi connectivity index (χ0v) is 9.46. The van der Waals surface area contributed by atoms with Gasteiger partial charge in [0.25, 0.3) is 5.91 Å². The highest BCUT2D eigenvalue weighted by molar-refractivity contribution is 6.30. The number of rotatable bonds is 1. The van der Waals surface area contributed by atoms with Gasteiger partial charge in [0.2, 0.25) is 0 Å². The Morgan fingerprint density at radius 3 is 2.75 bits per heavy atom. The Bertz CT molecular complexity index is 452. The molecule has 1 aromatic rings. The third kappa shape index (κ3) is 1.58. The number of nitrogens with zero attached hydrogens (tertiary/aromatic N) is 1. The largest absolute Gasteiger partial charge is 0.375 e. The standard InChI is InChI=1S/C11H11ClFNO2/c1-14-5-4-11(16,10(14)15)7-2-3-9(13)8(12)6-7/h2-3,6,16H,4-5H2,1H3/t11-/m0/s1. The lowest BCUT2D eigenvalue weighted by molar-refractivity contribution is -0.143. The summed E-state index contributed by atoms with van der Waals surface area (Å²) in [6.07, 6.45) is 0.296. The van der Waals surface area contributed by atoms with E-state index in [1.54, 1.807) is 7.05 Å². The highest BCUT2D eigenvalue weighted by Crippen LogP contribution is 2.34. The van der Waals surface area contributed by atoms with Crippen LogP contribution >= 0.6 is 11.6 Å². The number of likely N-dealkylation sites (N-methyl/N-ethyl adjacent to an activating group) is 1. The van der Waals surface area contributed by atoms with Gasteiger partial charge < -0.3 is 10.0 Å². The fourth-order valence-electron chi connectivity index (χ4n) is 1.87. The Morgan fingerprint density at radius 1 is 1.56 bits per heavy atom. The van der Waals surface area contributed by atoms with E-state index in [0.717, 1.165) is 6.07 Å². The fourth-order valence-corrected chi connectivity index (χ4v) is 2.06. The van der Waals surface area contributed by atoms with Crippen LogP contribution in [0.4, 0.5) is 4.39 Å². The molecular formula is C11H11ClFNO2. The Morgan fingerprint density at radius 2 is 2.25 bits per heavy atom. The molecule has 16 heavy (non-hydrogen) atoms. The van der Waals surface area contributed by atoms with Gasteiger partial charge in [0.05, 0.1) is 5.02 Å². The minimum absolute atomic E-state index is 0.0896. The van der Waals surface area contributed by atoms with Gasteiger partial charge in [-0.3, -0.25) is 4.79 Å². The Hall–Kier alpha value is -1.13. The van der Waals surface area contributed by atoms with Crippen molar-refractivity contribution in [3.63, 3.8) is 0 Å². The Labute approximate surface area is 97.4 Å². The van der Waals surface area contributed by atoms with Gasteiger partial charge in [-0.2, -0.15) is 0 Å². The van der Waals surface area contributed by atoms with Crippen LogP contribution in [0.5, 0.6) is 0 Å². The van der Waals surface area contributed by atoms with Gasteiger partial charge >= 0.3 is 0 Å². The van der Waals surface area contributed by atoms with E-state index in [1.807, 2.05) is 0 Å². The van der Waals surface area contributed by atoms with Gasteiger partial charge in [0.1, 0.15) is 5.82 Å². The average molecular weight is 244 g/mol. The van der Waals surface area contributed by atoms with Crippen LogP contribution in [0.2, 0.25) is 5.02 Å². The van der Waals surface area contributed by atoms with Crippen molar-refractivity contribution in [1.29, 1.82) is 0 Å². The topological polar surface area (TPSA) is 40.5 Å². The lowest BCUT2D eigenvalue weighted by Gasteiger charge is -2.21. The number of likely N-dealkylation sites (tertiary alicyclic amines) is 1. The summed E-state index contributed by atoms with van der Waals surface area (Å²) in [6.45, 7) is 0.477. The number of benzene rings is 1. The van der Waals surface area contributed by atoms with E-state index < -0.39 is 11.4 Å². The molecule has 0 unspecified atom stereocenters. The molecule has 1 aliphatic heterocycles. The maximum Gasteiger partial charge on any atom is 0.258 e. The molecule has 5 heteroatoms. The molecule has 0 bridgehead atoms. The maximum atomic E-state index is 13.0. The summed E-state index contributed by atoms with van der Waals surface area (Å²) in [5.41, 5.74) is -1.22. The molecular weight excluding hydrogens is 233 g/mol. The molecule has 1 aliphatic rings. The third-order valence-corrected chi connectivity index (χ3v) is 3.20. The van der Waals surface area contributed by atoms with Crippen molar-refractivity contribution in [1.82, 2.24) is 4.90 Å². The first-order valence-electron chi connectivity index (χ1n) is 4.88. The first-order valence-corrected chi connectivity index (χ1v) is 5.26. The first-order chi connectivity index (χ1) is 7.45. The lowest BCUT2D eigenvalue weighted by atomic mass is 9.92. The van der Waals surface area contributed by atoms with Crippen LogP contribution in [-0.4, -0.2) is 29.5 Å². The molecule has 0 radical (unpaired) electrons.